The molecule has 5 nitrogen and oxygen atoms in total. The predicted octanol–water partition coefficient (Wildman–Crippen LogP) is 2.48. The molecule has 1 aromatic carbocycles. The van der Waals surface area contributed by atoms with E-state index in [1.165, 1.54) is 12.8 Å². The van der Waals surface area contributed by atoms with E-state index >= 15 is 0 Å². The summed E-state index contributed by atoms with van der Waals surface area (Å²) < 4.78 is 11.3. The average Bonchev–Trinajstić information content (AvgIpc) is 3.21. The molecule has 0 unspecified atom stereocenters. The number of carbonyl (C=O) groups is 1. The van der Waals surface area contributed by atoms with Crippen molar-refractivity contribution in [2.45, 2.75) is 44.5 Å². The normalized spacial score (nSPS) is 23.3. The van der Waals surface area contributed by atoms with Gasteiger partial charge in [0.25, 0.3) is 5.91 Å². The van der Waals surface area contributed by atoms with Gasteiger partial charge in [0, 0.05) is 18.8 Å². The van der Waals surface area contributed by atoms with E-state index in [0.717, 1.165) is 36.6 Å². The first kappa shape index (κ1) is 18.2. The van der Waals surface area contributed by atoms with E-state index in [9.17, 15) is 4.79 Å². The maximum absolute atomic E-state index is 12.2. The highest BCUT2D eigenvalue weighted by molar-refractivity contribution is 5.94. The van der Waals surface area contributed by atoms with Crippen LogP contribution in [0.2, 0.25) is 0 Å². The third-order valence-corrected chi connectivity index (χ3v) is 4.18. The topological polar surface area (TPSA) is 73.6 Å². The van der Waals surface area contributed by atoms with Crippen LogP contribution in [0.15, 0.2) is 24.3 Å². The van der Waals surface area contributed by atoms with E-state index in [2.05, 4.69) is 5.32 Å². The quantitative estimate of drug-likeness (QED) is 0.799. The summed E-state index contributed by atoms with van der Waals surface area (Å²) >= 11 is 0. The van der Waals surface area contributed by atoms with E-state index in [4.69, 9.17) is 15.2 Å². The fourth-order valence-electron chi connectivity index (χ4n) is 2.66. The molecule has 0 spiro atoms. The number of anilines is 1. The Labute approximate surface area is 143 Å². The largest absolute Gasteiger partial charge is 0.376 e. The Balaban J connectivity index is 0.00000192. The van der Waals surface area contributed by atoms with Gasteiger partial charge >= 0.3 is 0 Å². The van der Waals surface area contributed by atoms with Crippen LogP contribution >= 0.6 is 12.4 Å². The summed E-state index contributed by atoms with van der Waals surface area (Å²) in [5, 5.41) is 2.92. The maximum Gasteiger partial charge on any atom is 0.253 e. The fraction of sp³-hybridized carbons (Fsp3) is 0.588. The van der Waals surface area contributed by atoms with E-state index in [1.807, 2.05) is 24.3 Å². The number of rotatable bonds is 7. The zero-order valence-electron chi connectivity index (χ0n) is 13.2. The monoisotopic (exact) mass is 340 g/mol. The molecule has 1 amide bonds. The van der Waals surface area contributed by atoms with Gasteiger partial charge in [-0.1, -0.05) is 12.1 Å². The molecule has 23 heavy (non-hydrogen) atoms. The van der Waals surface area contributed by atoms with Gasteiger partial charge in [0.05, 0.1) is 12.7 Å². The summed E-state index contributed by atoms with van der Waals surface area (Å²) in [6.45, 7) is 1.90. The first-order valence-electron chi connectivity index (χ1n) is 8.07. The van der Waals surface area contributed by atoms with Gasteiger partial charge in [-0.2, -0.15) is 0 Å². The lowest BCUT2D eigenvalue weighted by atomic mass is 10.1. The minimum atomic E-state index is -0.386. The van der Waals surface area contributed by atoms with Crippen LogP contribution < -0.4 is 11.1 Å². The molecule has 1 saturated carbocycles. The second-order valence-electron chi connectivity index (χ2n) is 6.21. The summed E-state index contributed by atoms with van der Waals surface area (Å²) in [5.41, 5.74) is 7.43. The van der Waals surface area contributed by atoms with E-state index in [1.54, 1.807) is 0 Å². The Morgan fingerprint density at radius 2 is 2.13 bits per heavy atom. The van der Waals surface area contributed by atoms with Gasteiger partial charge in [-0.15, -0.1) is 12.4 Å². The smallest absolute Gasteiger partial charge is 0.253 e. The van der Waals surface area contributed by atoms with Crippen molar-refractivity contribution >= 4 is 24.0 Å². The molecule has 2 aliphatic rings. The van der Waals surface area contributed by atoms with Crippen molar-refractivity contribution < 1.29 is 14.3 Å². The van der Waals surface area contributed by atoms with Crippen LogP contribution in [0.4, 0.5) is 5.69 Å². The number of nitrogens with two attached hydrogens (primary N) is 1. The van der Waals surface area contributed by atoms with Crippen molar-refractivity contribution in [3.8, 4) is 0 Å². The van der Waals surface area contributed by atoms with Crippen LogP contribution in [0, 0.1) is 5.92 Å². The van der Waals surface area contributed by atoms with Crippen molar-refractivity contribution in [3.63, 3.8) is 0 Å². The first-order chi connectivity index (χ1) is 10.7. The number of nitrogens with one attached hydrogen (secondary N) is 1. The summed E-state index contributed by atoms with van der Waals surface area (Å²) in [6.07, 6.45) is 3.80. The van der Waals surface area contributed by atoms with Crippen molar-refractivity contribution in [2.24, 2.45) is 11.7 Å². The Morgan fingerprint density at radius 3 is 2.83 bits per heavy atom. The lowest BCUT2D eigenvalue weighted by Gasteiger charge is -2.13. The zero-order chi connectivity index (χ0) is 15.4. The maximum atomic E-state index is 12.2. The molecule has 1 aliphatic heterocycles. The summed E-state index contributed by atoms with van der Waals surface area (Å²) in [7, 11) is 0. The van der Waals surface area contributed by atoms with Crippen molar-refractivity contribution in [1.29, 1.82) is 0 Å². The lowest BCUT2D eigenvalue weighted by molar-refractivity contribution is -0.126. The van der Waals surface area contributed by atoms with Crippen LogP contribution in [0.1, 0.15) is 31.2 Å². The number of carbonyl (C=O) groups excluding carboxylic acids is 1. The summed E-state index contributed by atoms with van der Waals surface area (Å²) in [6, 6.07) is 7.79. The number of hydrogen-bond acceptors (Lipinski definition) is 4. The van der Waals surface area contributed by atoms with E-state index < -0.39 is 0 Å². The molecule has 2 atom stereocenters. The molecule has 1 aromatic rings. The van der Waals surface area contributed by atoms with Crippen LogP contribution in [-0.4, -0.2) is 31.3 Å². The van der Waals surface area contributed by atoms with Crippen LogP contribution in [0.3, 0.4) is 0 Å². The number of hydrogen-bond donors (Lipinski definition) is 2. The van der Waals surface area contributed by atoms with Crippen LogP contribution in [-0.2, 0) is 20.9 Å². The number of halogens is 1. The first-order valence-corrected chi connectivity index (χ1v) is 8.07. The average molecular weight is 341 g/mol. The molecule has 1 aliphatic carbocycles. The highest BCUT2D eigenvalue weighted by Gasteiger charge is 2.29. The van der Waals surface area contributed by atoms with Crippen molar-refractivity contribution in [3.05, 3.63) is 29.8 Å². The minimum Gasteiger partial charge on any atom is -0.376 e. The molecule has 1 heterocycles. The van der Waals surface area contributed by atoms with Gasteiger partial charge in [0.15, 0.2) is 0 Å². The zero-order valence-corrected chi connectivity index (χ0v) is 14.0. The number of benzene rings is 1. The van der Waals surface area contributed by atoms with E-state index in [0.29, 0.717) is 13.2 Å². The SMILES string of the molecule is Cl.NC[C@H]1CC[C@@H](C(=O)Nc2cccc(COCC3CC3)c2)O1. The molecule has 2 fully saturated rings. The Bertz CT molecular complexity index is 522. The molecule has 0 aromatic heterocycles. The molecule has 0 bridgehead atoms. The Morgan fingerprint density at radius 1 is 1.30 bits per heavy atom. The molecular weight excluding hydrogens is 316 g/mol. The Hall–Kier alpha value is -1.14. The van der Waals surface area contributed by atoms with Crippen molar-refractivity contribution in [2.75, 3.05) is 18.5 Å². The molecule has 3 N–H and O–H groups in total. The van der Waals surface area contributed by atoms with Gasteiger partial charge in [-0.05, 0) is 49.3 Å². The van der Waals surface area contributed by atoms with Crippen molar-refractivity contribution in [1.82, 2.24) is 0 Å². The van der Waals surface area contributed by atoms with Crippen LogP contribution in [0.5, 0.6) is 0 Å². The lowest BCUT2D eigenvalue weighted by Crippen LogP contribution is -2.29. The fourth-order valence-corrected chi connectivity index (χ4v) is 2.66. The molecule has 6 heteroatoms. The van der Waals surface area contributed by atoms with Gasteiger partial charge in [-0.25, -0.2) is 0 Å². The molecule has 3 rings (SSSR count). The summed E-state index contributed by atoms with van der Waals surface area (Å²) in [4.78, 5) is 12.2. The summed E-state index contributed by atoms with van der Waals surface area (Å²) in [5.74, 6) is 0.671. The van der Waals surface area contributed by atoms with E-state index in [-0.39, 0.29) is 30.5 Å². The number of ether oxygens (including phenoxy) is 2. The van der Waals surface area contributed by atoms with Gasteiger partial charge in [-0.3, -0.25) is 4.79 Å². The minimum absolute atomic E-state index is 0. The van der Waals surface area contributed by atoms with Gasteiger partial charge in [0.2, 0.25) is 0 Å². The Kier molecular flexibility index (Phi) is 6.84. The second kappa shape index (κ2) is 8.64. The standard InChI is InChI=1S/C17H24N2O3.ClH/c18-9-15-6-7-16(22-15)17(20)19-14-3-1-2-13(8-14)11-21-10-12-4-5-12;/h1-3,8,12,15-16H,4-7,9-11,18H2,(H,19,20);1H/t15-,16+;/m1./s1. The highest BCUT2D eigenvalue weighted by Crippen LogP contribution is 2.29. The molecular formula is C17H25ClN2O3. The van der Waals surface area contributed by atoms with Crippen LogP contribution in [0.25, 0.3) is 0 Å². The highest BCUT2D eigenvalue weighted by atomic mass is 35.5. The number of amides is 1. The van der Waals surface area contributed by atoms with Gasteiger partial charge < -0.3 is 20.5 Å². The predicted molar refractivity (Wildman–Crippen MR) is 91.6 cm³/mol. The molecule has 0 radical (unpaired) electrons. The third-order valence-electron chi connectivity index (χ3n) is 4.18. The molecule has 1 saturated heterocycles. The third kappa shape index (κ3) is 5.46. The van der Waals surface area contributed by atoms with Gasteiger partial charge in [0.1, 0.15) is 6.10 Å². The molecule has 128 valence electrons. The second-order valence-corrected chi connectivity index (χ2v) is 6.21.